The van der Waals surface area contributed by atoms with Crippen molar-refractivity contribution in [3.05, 3.63) is 90.3 Å². The molecule has 1 amide bonds. The number of hydrogen-bond donors (Lipinski definition) is 2. The molecule has 39 heavy (non-hydrogen) atoms. The van der Waals surface area contributed by atoms with Gasteiger partial charge in [-0.25, -0.2) is 0 Å². The van der Waals surface area contributed by atoms with Crippen LogP contribution in [0, 0.1) is 0 Å². The topological polar surface area (TPSA) is 86.3 Å². The molecule has 2 fully saturated rings. The molecule has 5 rings (SSSR count). The molecule has 1 spiro atoms. The maximum atomic E-state index is 13.4. The van der Waals surface area contributed by atoms with Gasteiger partial charge in [-0.3, -0.25) is 9.59 Å². The molecule has 3 aliphatic heterocycles. The van der Waals surface area contributed by atoms with Gasteiger partial charge in [-0.2, -0.15) is 4.99 Å². The molecule has 11 heteroatoms. The van der Waals surface area contributed by atoms with E-state index in [1.165, 1.54) is 0 Å². The van der Waals surface area contributed by atoms with Crippen LogP contribution in [0.1, 0.15) is 29.3 Å². The highest BCUT2D eigenvalue weighted by molar-refractivity contribution is 6.76. The lowest BCUT2D eigenvalue weighted by atomic mass is 9.89. The van der Waals surface area contributed by atoms with Crippen molar-refractivity contribution in [1.82, 2.24) is 20.4 Å². The van der Waals surface area contributed by atoms with Crippen molar-refractivity contribution in [2.75, 3.05) is 13.1 Å². The van der Waals surface area contributed by atoms with Crippen molar-refractivity contribution in [2.45, 2.75) is 41.5 Å². The number of carbonyl (C=O) groups is 2. The number of guanidine groups is 1. The van der Waals surface area contributed by atoms with Crippen LogP contribution in [0.4, 0.5) is 0 Å². The first-order valence-corrected chi connectivity index (χ1v) is 13.7. The second kappa shape index (κ2) is 10.8. The Morgan fingerprint density at radius 1 is 1.15 bits per heavy atom. The third kappa shape index (κ3) is 5.33. The van der Waals surface area contributed by atoms with Crippen molar-refractivity contribution in [3.63, 3.8) is 0 Å². The quantitative estimate of drug-likeness (QED) is 0.282. The molecule has 0 aliphatic carbocycles. The predicted octanol–water partition coefficient (Wildman–Crippen LogP) is 4.40. The number of rotatable bonds is 7. The van der Waals surface area contributed by atoms with Crippen molar-refractivity contribution in [3.8, 4) is 5.75 Å². The summed E-state index contributed by atoms with van der Waals surface area (Å²) in [4.78, 5) is 33.8. The molecule has 2 saturated heterocycles. The summed E-state index contributed by atoms with van der Waals surface area (Å²) in [5, 5.41) is 6.78. The van der Waals surface area contributed by atoms with Crippen LogP contribution in [-0.4, -0.2) is 62.1 Å². The smallest absolute Gasteiger partial charge is 0.300 e. The highest BCUT2D eigenvalue weighted by atomic mass is 35.6. The molecule has 0 unspecified atom stereocenters. The molecular formula is C28H28Cl3N5O3. The SMILES string of the molecule is C=C1N[C@]23C=CCN2/C(=N/C(=O)C(Cl)(Cl)Cl)N[C@@H](CC)[C@@H]3N1CC(=O)c1ccc(OCc2ccccc2)cc1. The van der Waals surface area contributed by atoms with Crippen LogP contribution >= 0.6 is 34.8 Å². The Labute approximate surface area is 242 Å². The number of amides is 1. The minimum atomic E-state index is -2.17. The molecule has 0 aromatic heterocycles. The molecule has 2 N–H and O–H groups in total. The van der Waals surface area contributed by atoms with E-state index in [1.807, 2.05) is 59.2 Å². The van der Waals surface area contributed by atoms with Crippen LogP contribution in [0.25, 0.3) is 0 Å². The van der Waals surface area contributed by atoms with Crippen molar-refractivity contribution in [1.29, 1.82) is 0 Å². The van der Waals surface area contributed by atoms with E-state index in [4.69, 9.17) is 39.5 Å². The standard InChI is InChI=1S/C28H28Cl3N5O3/c1-3-22-24-27(14-7-15-36(27)26(32-22)33-25(38)28(29,30)31)34-18(2)35(24)16-23(37)20-10-12-21(13-11-20)39-17-19-8-5-4-6-9-19/h4-14,22,24,34H,2-3,15-17H2,1H3,(H,32,33,38)/t22-,24-,27+/m0/s1. The first-order chi connectivity index (χ1) is 18.6. The molecule has 204 valence electrons. The van der Waals surface area contributed by atoms with E-state index >= 15 is 0 Å². The van der Waals surface area contributed by atoms with E-state index in [0.29, 0.717) is 42.7 Å². The highest BCUT2D eigenvalue weighted by Gasteiger charge is 2.59. The van der Waals surface area contributed by atoms with Gasteiger partial charge in [0, 0.05) is 12.1 Å². The van der Waals surface area contributed by atoms with Crippen molar-refractivity contribution < 1.29 is 14.3 Å². The summed E-state index contributed by atoms with van der Waals surface area (Å²) >= 11 is 17.3. The number of nitrogens with zero attached hydrogens (tertiary/aromatic N) is 3. The van der Waals surface area contributed by atoms with Gasteiger partial charge >= 0.3 is 5.91 Å². The fourth-order valence-corrected chi connectivity index (χ4v) is 5.46. The normalized spacial score (nSPS) is 24.7. The summed E-state index contributed by atoms with van der Waals surface area (Å²) in [6, 6.07) is 16.7. The van der Waals surface area contributed by atoms with Crippen LogP contribution in [0.3, 0.4) is 0 Å². The second-order valence-corrected chi connectivity index (χ2v) is 11.9. The lowest BCUT2D eigenvalue weighted by Gasteiger charge is -2.50. The Hall–Kier alpha value is -3.20. The van der Waals surface area contributed by atoms with Gasteiger partial charge in [-0.1, -0.05) is 84.7 Å². The van der Waals surface area contributed by atoms with Gasteiger partial charge in [0.2, 0.25) is 5.96 Å². The van der Waals surface area contributed by atoms with Crippen LogP contribution in [-0.2, 0) is 11.4 Å². The van der Waals surface area contributed by atoms with Crippen LogP contribution in [0.2, 0.25) is 0 Å². The maximum Gasteiger partial charge on any atom is 0.300 e. The van der Waals surface area contributed by atoms with E-state index in [1.54, 1.807) is 24.3 Å². The Bertz CT molecular complexity index is 1330. The number of benzene rings is 2. The van der Waals surface area contributed by atoms with Crippen LogP contribution in [0.15, 0.2) is 84.1 Å². The minimum absolute atomic E-state index is 0.0566. The average molecular weight is 589 g/mol. The molecule has 3 heterocycles. The summed E-state index contributed by atoms with van der Waals surface area (Å²) in [6.45, 7) is 7.26. The molecule has 0 saturated carbocycles. The molecule has 8 nitrogen and oxygen atoms in total. The van der Waals surface area contributed by atoms with E-state index in [0.717, 1.165) is 5.56 Å². The first-order valence-electron chi connectivity index (χ1n) is 12.6. The number of ether oxygens (including phenoxy) is 1. The van der Waals surface area contributed by atoms with Crippen LogP contribution in [0.5, 0.6) is 5.75 Å². The number of aliphatic imine (C=N–C) groups is 1. The number of hydrogen-bond acceptors (Lipinski definition) is 5. The second-order valence-electron chi connectivity index (χ2n) is 9.60. The van der Waals surface area contributed by atoms with E-state index < -0.39 is 15.4 Å². The number of Topliss-reactive ketones (excluding diaryl/α,β-unsaturated/α-hetero) is 1. The van der Waals surface area contributed by atoms with Gasteiger partial charge in [-0.05, 0) is 42.3 Å². The van der Waals surface area contributed by atoms with Gasteiger partial charge in [0.15, 0.2) is 11.4 Å². The monoisotopic (exact) mass is 587 g/mol. The Morgan fingerprint density at radius 2 is 1.87 bits per heavy atom. The highest BCUT2D eigenvalue weighted by Crippen LogP contribution is 2.41. The molecule has 0 radical (unpaired) electrons. The summed E-state index contributed by atoms with van der Waals surface area (Å²) in [5.41, 5.74) is 0.880. The van der Waals surface area contributed by atoms with Gasteiger partial charge in [0.05, 0.1) is 24.4 Å². The Morgan fingerprint density at radius 3 is 2.54 bits per heavy atom. The Balaban J connectivity index is 1.33. The summed E-state index contributed by atoms with van der Waals surface area (Å²) in [6.07, 6.45) is 4.68. The molecule has 2 aromatic rings. The minimum Gasteiger partial charge on any atom is -0.489 e. The van der Waals surface area contributed by atoms with Gasteiger partial charge in [0.1, 0.15) is 12.4 Å². The lowest BCUT2D eigenvalue weighted by Crippen LogP contribution is -2.74. The summed E-state index contributed by atoms with van der Waals surface area (Å²) < 4.78 is 3.69. The third-order valence-corrected chi connectivity index (χ3v) is 7.65. The number of alkyl halides is 3. The number of nitrogens with one attached hydrogen (secondary N) is 2. The fourth-order valence-electron chi connectivity index (χ4n) is 5.33. The fraction of sp³-hybridized carbons (Fsp3) is 0.321. The average Bonchev–Trinajstić information content (AvgIpc) is 3.47. The summed E-state index contributed by atoms with van der Waals surface area (Å²) in [7, 11) is 0. The number of halogens is 3. The zero-order valence-corrected chi connectivity index (χ0v) is 23.5. The number of carbonyl (C=O) groups excluding carboxylic acids is 2. The van der Waals surface area contributed by atoms with Crippen molar-refractivity contribution in [2.24, 2.45) is 4.99 Å². The molecule has 3 aliphatic rings. The molecule has 0 bridgehead atoms. The third-order valence-electron chi connectivity index (χ3n) is 7.16. The number of ketones is 1. The van der Waals surface area contributed by atoms with E-state index in [-0.39, 0.29) is 24.4 Å². The maximum absolute atomic E-state index is 13.4. The van der Waals surface area contributed by atoms with Crippen molar-refractivity contribution >= 4 is 52.5 Å². The van der Waals surface area contributed by atoms with Crippen LogP contribution < -0.4 is 15.4 Å². The summed E-state index contributed by atoms with van der Waals surface area (Å²) in [5.74, 6) is 0.650. The molecule has 2 aromatic carbocycles. The zero-order valence-electron chi connectivity index (χ0n) is 21.2. The molecule has 3 atom stereocenters. The largest absolute Gasteiger partial charge is 0.489 e. The first kappa shape index (κ1) is 27.4. The predicted molar refractivity (Wildman–Crippen MR) is 153 cm³/mol. The van der Waals surface area contributed by atoms with Gasteiger partial charge in [-0.15, -0.1) is 0 Å². The van der Waals surface area contributed by atoms with Gasteiger partial charge in [0.25, 0.3) is 3.79 Å². The van der Waals surface area contributed by atoms with E-state index in [2.05, 4.69) is 22.2 Å². The van der Waals surface area contributed by atoms with E-state index in [9.17, 15) is 9.59 Å². The lowest BCUT2D eigenvalue weighted by molar-refractivity contribution is -0.117. The Kier molecular flexibility index (Phi) is 7.55. The van der Waals surface area contributed by atoms with Gasteiger partial charge < -0.3 is 25.2 Å². The molecular weight excluding hydrogens is 561 g/mol. The zero-order chi connectivity index (χ0) is 27.8.